The Labute approximate surface area is 105 Å². The fourth-order valence-electron chi connectivity index (χ4n) is 2.13. The first-order valence-corrected chi connectivity index (χ1v) is 5.73. The van der Waals surface area contributed by atoms with Crippen LogP contribution in [0.1, 0.15) is 23.6 Å². The highest BCUT2D eigenvalue weighted by atomic mass is 19.2. The second-order valence-electron chi connectivity index (χ2n) is 4.65. The van der Waals surface area contributed by atoms with Gasteiger partial charge >= 0.3 is 0 Å². The van der Waals surface area contributed by atoms with Crippen LogP contribution in [0.15, 0.2) is 42.5 Å². The monoisotopic (exact) mass is 247 g/mol. The molecular formula is C15H15F2N. The van der Waals surface area contributed by atoms with Crippen LogP contribution in [0, 0.1) is 18.6 Å². The molecule has 3 heteroatoms. The van der Waals surface area contributed by atoms with Crippen LogP contribution in [0.2, 0.25) is 0 Å². The van der Waals surface area contributed by atoms with Crippen LogP contribution >= 0.6 is 0 Å². The molecule has 0 aliphatic heterocycles. The summed E-state index contributed by atoms with van der Waals surface area (Å²) in [4.78, 5) is 0. The van der Waals surface area contributed by atoms with Gasteiger partial charge in [-0.1, -0.05) is 30.3 Å². The number of nitrogens with two attached hydrogens (primary N) is 1. The molecule has 0 radical (unpaired) electrons. The quantitative estimate of drug-likeness (QED) is 0.863. The molecule has 0 aromatic heterocycles. The Bertz CT molecular complexity index is 576. The van der Waals surface area contributed by atoms with Crippen LogP contribution in [0.4, 0.5) is 8.78 Å². The van der Waals surface area contributed by atoms with E-state index in [0.29, 0.717) is 5.56 Å². The van der Waals surface area contributed by atoms with Crippen molar-refractivity contribution < 1.29 is 8.78 Å². The fraction of sp³-hybridized carbons (Fsp3) is 0.200. The number of aryl methyl sites for hydroxylation is 1. The third-order valence-electron chi connectivity index (χ3n) is 3.22. The van der Waals surface area contributed by atoms with Crippen molar-refractivity contribution in [2.45, 2.75) is 19.4 Å². The van der Waals surface area contributed by atoms with Crippen molar-refractivity contribution in [2.24, 2.45) is 5.73 Å². The standard InChI is InChI=1S/C15H15F2N/c1-10-5-3-4-6-12(10)15(2,18)11-7-8-13(16)14(17)9-11/h3-9H,18H2,1-2H3. The summed E-state index contributed by atoms with van der Waals surface area (Å²) < 4.78 is 26.2. The highest BCUT2D eigenvalue weighted by molar-refractivity contribution is 5.41. The first kappa shape index (κ1) is 12.7. The van der Waals surface area contributed by atoms with Crippen molar-refractivity contribution in [1.82, 2.24) is 0 Å². The Morgan fingerprint density at radius 1 is 1.00 bits per heavy atom. The van der Waals surface area contributed by atoms with Crippen molar-refractivity contribution in [1.29, 1.82) is 0 Å². The van der Waals surface area contributed by atoms with Crippen molar-refractivity contribution in [3.8, 4) is 0 Å². The first-order chi connectivity index (χ1) is 8.43. The minimum absolute atomic E-state index is 0.552. The van der Waals surface area contributed by atoms with Crippen LogP contribution in [0.3, 0.4) is 0 Å². The lowest BCUT2D eigenvalue weighted by Gasteiger charge is -2.27. The molecule has 0 spiro atoms. The van der Waals surface area contributed by atoms with Gasteiger partial charge in [-0.15, -0.1) is 0 Å². The molecule has 1 atom stereocenters. The van der Waals surface area contributed by atoms with Gasteiger partial charge < -0.3 is 5.73 Å². The van der Waals surface area contributed by atoms with Gasteiger partial charge in [0, 0.05) is 0 Å². The Hall–Kier alpha value is -1.74. The van der Waals surface area contributed by atoms with Gasteiger partial charge in [0.05, 0.1) is 5.54 Å². The van der Waals surface area contributed by atoms with Crippen LogP contribution in [-0.2, 0) is 5.54 Å². The molecule has 0 fully saturated rings. The molecule has 2 aromatic rings. The smallest absolute Gasteiger partial charge is 0.159 e. The highest BCUT2D eigenvalue weighted by Crippen LogP contribution is 2.29. The molecule has 2 rings (SSSR count). The Balaban J connectivity index is 2.54. The third kappa shape index (κ3) is 2.14. The van der Waals surface area contributed by atoms with Gasteiger partial charge in [-0.3, -0.25) is 0 Å². The molecule has 0 aliphatic rings. The Morgan fingerprint density at radius 3 is 2.28 bits per heavy atom. The van der Waals surface area contributed by atoms with E-state index in [4.69, 9.17) is 5.73 Å². The zero-order valence-electron chi connectivity index (χ0n) is 10.4. The molecule has 0 aliphatic carbocycles. The highest BCUT2D eigenvalue weighted by Gasteiger charge is 2.26. The second-order valence-corrected chi connectivity index (χ2v) is 4.65. The van der Waals surface area contributed by atoms with Crippen LogP contribution in [0.5, 0.6) is 0 Å². The van der Waals surface area contributed by atoms with E-state index < -0.39 is 17.2 Å². The number of halogens is 2. The molecule has 18 heavy (non-hydrogen) atoms. The summed E-state index contributed by atoms with van der Waals surface area (Å²) in [6, 6.07) is 11.4. The Morgan fingerprint density at radius 2 is 1.67 bits per heavy atom. The molecule has 0 heterocycles. The summed E-state index contributed by atoms with van der Waals surface area (Å²) in [5.74, 6) is -1.74. The van der Waals surface area contributed by atoms with E-state index in [1.54, 1.807) is 6.92 Å². The van der Waals surface area contributed by atoms with Crippen LogP contribution < -0.4 is 5.73 Å². The van der Waals surface area contributed by atoms with Gasteiger partial charge in [0.25, 0.3) is 0 Å². The van der Waals surface area contributed by atoms with E-state index in [2.05, 4.69) is 0 Å². The van der Waals surface area contributed by atoms with E-state index in [-0.39, 0.29) is 0 Å². The lowest BCUT2D eigenvalue weighted by atomic mass is 9.83. The predicted octanol–water partition coefficient (Wildman–Crippen LogP) is 3.50. The molecule has 0 saturated heterocycles. The minimum atomic E-state index is -0.877. The normalized spacial score (nSPS) is 14.3. The average molecular weight is 247 g/mol. The summed E-state index contributed by atoms with van der Waals surface area (Å²) in [7, 11) is 0. The second kappa shape index (κ2) is 4.50. The lowest BCUT2D eigenvalue weighted by Crippen LogP contribution is -2.35. The van der Waals surface area contributed by atoms with Crippen LogP contribution in [0.25, 0.3) is 0 Å². The third-order valence-corrected chi connectivity index (χ3v) is 3.22. The van der Waals surface area contributed by atoms with E-state index in [1.165, 1.54) is 6.07 Å². The average Bonchev–Trinajstić information content (AvgIpc) is 2.33. The number of hydrogen-bond donors (Lipinski definition) is 1. The zero-order chi connectivity index (χ0) is 13.3. The van der Waals surface area contributed by atoms with E-state index >= 15 is 0 Å². The van der Waals surface area contributed by atoms with E-state index in [9.17, 15) is 8.78 Å². The van der Waals surface area contributed by atoms with Gasteiger partial charge in [-0.2, -0.15) is 0 Å². The molecule has 2 N–H and O–H groups in total. The van der Waals surface area contributed by atoms with Crippen molar-refractivity contribution >= 4 is 0 Å². The predicted molar refractivity (Wildman–Crippen MR) is 68.2 cm³/mol. The number of benzene rings is 2. The summed E-state index contributed by atoms with van der Waals surface area (Å²) in [6.07, 6.45) is 0. The van der Waals surface area contributed by atoms with E-state index in [0.717, 1.165) is 23.3 Å². The molecule has 2 aromatic carbocycles. The molecule has 1 nitrogen and oxygen atoms in total. The zero-order valence-corrected chi connectivity index (χ0v) is 10.4. The first-order valence-electron chi connectivity index (χ1n) is 5.73. The maximum absolute atomic E-state index is 13.3. The molecular weight excluding hydrogens is 232 g/mol. The largest absolute Gasteiger partial charge is 0.318 e. The molecule has 0 bridgehead atoms. The fourth-order valence-corrected chi connectivity index (χ4v) is 2.13. The summed E-state index contributed by atoms with van der Waals surface area (Å²) >= 11 is 0. The summed E-state index contributed by atoms with van der Waals surface area (Å²) in [5.41, 5.74) is 7.91. The molecule has 1 unspecified atom stereocenters. The minimum Gasteiger partial charge on any atom is -0.318 e. The van der Waals surface area contributed by atoms with Gasteiger partial charge in [0.1, 0.15) is 0 Å². The van der Waals surface area contributed by atoms with Gasteiger partial charge in [-0.25, -0.2) is 8.78 Å². The maximum atomic E-state index is 13.3. The van der Waals surface area contributed by atoms with Crippen molar-refractivity contribution in [3.05, 3.63) is 70.8 Å². The van der Waals surface area contributed by atoms with Crippen molar-refractivity contribution in [3.63, 3.8) is 0 Å². The SMILES string of the molecule is Cc1ccccc1C(C)(N)c1ccc(F)c(F)c1. The Kier molecular flexibility index (Phi) is 3.18. The number of hydrogen-bond acceptors (Lipinski definition) is 1. The lowest BCUT2D eigenvalue weighted by molar-refractivity contribution is 0.500. The van der Waals surface area contributed by atoms with Crippen molar-refractivity contribution in [2.75, 3.05) is 0 Å². The molecule has 0 saturated carbocycles. The topological polar surface area (TPSA) is 26.0 Å². The van der Waals surface area contributed by atoms with Gasteiger partial charge in [0.2, 0.25) is 0 Å². The summed E-state index contributed by atoms with van der Waals surface area (Å²) in [5, 5.41) is 0. The molecule has 0 amide bonds. The van der Waals surface area contributed by atoms with E-state index in [1.807, 2.05) is 31.2 Å². The summed E-state index contributed by atoms with van der Waals surface area (Å²) in [6.45, 7) is 3.74. The molecule has 94 valence electrons. The van der Waals surface area contributed by atoms with Gasteiger partial charge in [0.15, 0.2) is 11.6 Å². The van der Waals surface area contributed by atoms with Crippen LogP contribution in [-0.4, -0.2) is 0 Å². The van der Waals surface area contributed by atoms with Gasteiger partial charge in [-0.05, 0) is 42.7 Å². The number of rotatable bonds is 2. The maximum Gasteiger partial charge on any atom is 0.159 e.